The molecule has 122 valence electrons. The van der Waals surface area contributed by atoms with Crippen molar-refractivity contribution in [2.45, 2.75) is 44.1 Å². The first kappa shape index (κ1) is 15.6. The van der Waals surface area contributed by atoms with Gasteiger partial charge in [0.1, 0.15) is 0 Å². The van der Waals surface area contributed by atoms with Gasteiger partial charge in [-0.15, -0.1) is 6.58 Å². The van der Waals surface area contributed by atoms with E-state index in [-0.39, 0.29) is 6.10 Å². The molecule has 2 fully saturated rings. The molecule has 5 heteroatoms. The van der Waals surface area contributed by atoms with Crippen LogP contribution in [0.1, 0.15) is 38.3 Å². The van der Waals surface area contributed by atoms with Crippen LogP contribution in [-0.4, -0.2) is 59.0 Å². The van der Waals surface area contributed by atoms with Crippen LogP contribution in [0.5, 0.6) is 0 Å². The Labute approximate surface area is 133 Å². The van der Waals surface area contributed by atoms with Gasteiger partial charge in [0.05, 0.1) is 6.10 Å². The normalized spacial score (nSPS) is 22.5. The molecule has 2 aliphatic rings. The van der Waals surface area contributed by atoms with Gasteiger partial charge in [0.15, 0.2) is 5.82 Å². The van der Waals surface area contributed by atoms with E-state index in [0.29, 0.717) is 5.41 Å². The van der Waals surface area contributed by atoms with E-state index >= 15 is 0 Å². The lowest BCUT2D eigenvalue weighted by Gasteiger charge is -2.35. The van der Waals surface area contributed by atoms with Crippen LogP contribution < -0.4 is 4.90 Å². The Morgan fingerprint density at radius 2 is 2.14 bits per heavy atom. The fourth-order valence-corrected chi connectivity index (χ4v) is 3.10. The molecule has 1 aromatic rings. The van der Waals surface area contributed by atoms with E-state index in [9.17, 15) is 5.11 Å². The van der Waals surface area contributed by atoms with Gasteiger partial charge in [-0.2, -0.15) is 5.10 Å². The molecule has 0 unspecified atom stereocenters. The number of H-pyrrole nitrogens is 1. The molecule has 1 atom stereocenters. The minimum atomic E-state index is -0.239. The van der Waals surface area contributed by atoms with Crippen molar-refractivity contribution in [2.24, 2.45) is 0 Å². The second-order valence-corrected chi connectivity index (χ2v) is 7.01. The monoisotopic (exact) mass is 304 g/mol. The van der Waals surface area contributed by atoms with Crippen molar-refractivity contribution in [3.05, 3.63) is 24.4 Å². The summed E-state index contributed by atoms with van der Waals surface area (Å²) >= 11 is 0. The minimum absolute atomic E-state index is 0.239. The van der Waals surface area contributed by atoms with E-state index < -0.39 is 0 Å². The Balaban J connectivity index is 1.47. The van der Waals surface area contributed by atoms with Gasteiger partial charge < -0.3 is 10.0 Å². The summed E-state index contributed by atoms with van der Waals surface area (Å²) in [5, 5.41) is 17.7. The van der Waals surface area contributed by atoms with E-state index in [1.165, 1.54) is 18.5 Å². The summed E-state index contributed by atoms with van der Waals surface area (Å²) in [5.74, 6) is 1.08. The average Bonchev–Trinajstić information content (AvgIpc) is 3.08. The molecule has 3 rings (SSSR count). The number of hydrogen-bond acceptors (Lipinski definition) is 4. The molecule has 1 aromatic heterocycles. The van der Waals surface area contributed by atoms with Gasteiger partial charge in [-0.25, -0.2) is 0 Å². The fourth-order valence-electron chi connectivity index (χ4n) is 3.10. The summed E-state index contributed by atoms with van der Waals surface area (Å²) in [4.78, 5) is 4.69. The van der Waals surface area contributed by atoms with E-state index in [2.05, 4.69) is 39.6 Å². The maximum absolute atomic E-state index is 9.99. The standard InChI is InChI=1S/C17H28N4O/c1-3-4-5-14(22)13-20-8-10-21(11-9-20)16-12-15(18-19-16)17(2)6-7-17/h3,12,14,22H,1,4-11,13H2,2H3,(H,18,19)/t14-/m0/s1. The number of aromatic amines is 1. The quantitative estimate of drug-likeness (QED) is 0.756. The first-order valence-electron chi connectivity index (χ1n) is 8.43. The predicted octanol–water partition coefficient (Wildman–Crippen LogP) is 1.91. The zero-order chi connectivity index (χ0) is 15.6. The summed E-state index contributed by atoms with van der Waals surface area (Å²) < 4.78 is 0. The molecule has 0 bridgehead atoms. The zero-order valence-electron chi connectivity index (χ0n) is 13.6. The van der Waals surface area contributed by atoms with Gasteiger partial charge in [0.2, 0.25) is 0 Å². The second kappa shape index (κ2) is 6.42. The first-order chi connectivity index (χ1) is 10.6. The van der Waals surface area contributed by atoms with E-state index in [1.54, 1.807) is 0 Å². The highest BCUT2D eigenvalue weighted by Gasteiger charge is 2.41. The number of aromatic nitrogens is 2. The van der Waals surface area contributed by atoms with Crippen LogP contribution in [-0.2, 0) is 5.41 Å². The number of nitrogens with one attached hydrogen (secondary N) is 1. The molecule has 5 nitrogen and oxygen atoms in total. The average molecular weight is 304 g/mol. The summed E-state index contributed by atoms with van der Waals surface area (Å²) in [5.41, 5.74) is 1.63. The maximum atomic E-state index is 9.99. The van der Waals surface area contributed by atoms with Crippen LogP contribution in [0, 0.1) is 0 Å². The first-order valence-corrected chi connectivity index (χ1v) is 8.43. The maximum Gasteiger partial charge on any atom is 0.150 e. The van der Waals surface area contributed by atoms with Crippen molar-refractivity contribution < 1.29 is 5.11 Å². The Bertz CT molecular complexity index is 501. The van der Waals surface area contributed by atoms with Crippen molar-refractivity contribution in [1.82, 2.24) is 15.1 Å². The molecule has 0 aromatic carbocycles. The number of β-amino-alcohol motifs (C(OH)–C–C–N with tert-alkyl or cyclic N) is 1. The second-order valence-electron chi connectivity index (χ2n) is 7.01. The molecule has 1 aliphatic carbocycles. The van der Waals surface area contributed by atoms with Crippen LogP contribution in [0.15, 0.2) is 18.7 Å². The van der Waals surface area contributed by atoms with Crippen molar-refractivity contribution in [3.8, 4) is 0 Å². The largest absolute Gasteiger partial charge is 0.392 e. The van der Waals surface area contributed by atoms with Crippen molar-refractivity contribution in [3.63, 3.8) is 0 Å². The number of piperazine rings is 1. The third kappa shape index (κ3) is 3.52. The van der Waals surface area contributed by atoms with Gasteiger partial charge in [-0.1, -0.05) is 13.0 Å². The molecule has 2 N–H and O–H groups in total. The van der Waals surface area contributed by atoms with Gasteiger partial charge in [-0.05, 0) is 25.7 Å². The molecule has 22 heavy (non-hydrogen) atoms. The third-order valence-electron chi connectivity index (χ3n) is 5.08. The van der Waals surface area contributed by atoms with Crippen molar-refractivity contribution >= 4 is 5.82 Å². The fraction of sp³-hybridized carbons (Fsp3) is 0.706. The Morgan fingerprint density at radius 1 is 1.41 bits per heavy atom. The van der Waals surface area contributed by atoms with Gasteiger partial charge in [-0.3, -0.25) is 10.00 Å². The Kier molecular flexibility index (Phi) is 4.54. The third-order valence-corrected chi connectivity index (χ3v) is 5.08. The lowest BCUT2D eigenvalue weighted by Crippen LogP contribution is -2.48. The lowest BCUT2D eigenvalue weighted by molar-refractivity contribution is 0.103. The SMILES string of the molecule is C=CCC[C@H](O)CN1CCN(c2cc(C3(C)CC3)[nH]n2)CC1. The molecule has 1 aliphatic heterocycles. The van der Waals surface area contributed by atoms with Crippen LogP contribution in [0.3, 0.4) is 0 Å². The van der Waals surface area contributed by atoms with Gasteiger partial charge in [0.25, 0.3) is 0 Å². The highest BCUT2D eigenvalue weighted by atomic mass is 16.3. The van der Waals surface area contributed by atoms with E-state index in [1.807, 2.05) is 6.08 Å². The zero-order valence-corrected chi connectivity index (χ0v) is 13.6. The molecule has 1 saturated heterocycles. The van der Waals surface area contributed by atoms with E-state index in [0.717, 1.165) is 51.4 Å². The highest BCUT2D eigenvalue weighted by Crippen LogP contribution is 2.47. The lowest BCUT2D eigenvalue weighted by atomic mass is 10.1. The number of nitrogens with zero attached hydrogens (tertiary/aromatic N) is 3. The molecule has 2 heterocycles. The van der Waals surface area contributed by atoms with E-state index in [4.69, 9.17) is 0 Å². The number of allylic oxidation sites excluding steroid dienone is 1. The number of rotatable bonds is 7. The Hall–Kier alpha value is -1.33. The minimum Gasteiger partial charge on any atom is -0.392 e. The van der Waals surface area contributed by atoms with Crippen LogP contribution >= 0.6 is 0 Å². The molecular formula is C17H28N4O. The van der Waals surface area contributed by atoms with Crippen molar-refractivity contribution in [2.75, 3.05) is 37.6 Å². The topological polar surface area (TPSA) is 55.4 Å². The highest BCUT2D eigenvalue weighted by molar-refractivity contribution is 5.43. The molecule has 1 saturated carbocycles. The molecular weight excluding hydrogens is 276 g/mol. The number of aliphatic hydroxyl groups is 1. The predicted molar refractivity (Wildman–Crippen MR) is 89.3 cm³/mol. The number of hydrogen-bond donors (Lipinski definition) is 2. The van der Waals surface area contributed by atoms with Gasteiger partial charge in [0, 0.05) is 49.9 Å². The number of aliphatic hydroxyl groups excluding tert-OH is 1. The van der Waals surface area contributed by atoms with Crippen LogP contribution in [0.4, 0.5) is 5.82 Å². The summed E-state index contributed by atoms with van der Waals surface area (Å²) in [7, 11) is 0. The summed E-state index contributed by atoms with van der Waals surface area (Å²) in [6.07, 6.45) is 5.87. The number of anilines is 1. The molecule has 0 radical (unpaired) electrons. The smallest absolute Gasteiger partial charge is 0.150 e. The van der Waals surface area contributed by atoms with Crippen LogP contribution in [0.2, 0.25) is 0 Å². The summed E-state index contributed by atoms with van der Waals surface area (Å²) in [6.45, 7) is 10.7. The van der Waals surface area contributed by atoms with Gasteiger partial charge >= 0.3 is 0 Å². The molecule has 0 spiro atoms. The Morgan fingerprint density at radius 3 is 2.77 bits per heavy atom. The van der Waals surface area contributed by atoms with Crippen LogP contribution in [0.25, 0.3) is 0 Å². The summed E-state index contributed by atoms with van der Waals surface area (Å²) in [6, 6.07) is 2.22. The molecule has 0 amide bonds. The van der Waals surface area contributed by atoms with Crippen molar-refractivity contribution in [1.29, 1.82) is 0 Å².